The monoisotopic (exact) mass is 781 g/mol. The fourth-order valence-electron chi connectivity index (χ4n) is 8.78. The van der Waals surface area contributed by atoms with Crippen LogP contribution >= 0.6 is 11.3 Å². The van der Waals surface area contributed by atoms with Gasteiger partial charge in [-0.05, 0) is 86.1 Å². The lowest BCUT2D eigenvalue weighted by molar-refractivity contribution is 1.28. The zero-order valence-corrected chi connectivity index (χ0v) is 33.7. The molecule has 10 aromatic carbocycles. The first-order valence-electron chi connectivity index (χ1n) is 20.5. The van der Waals surface area contributed by atoms with Crippen LogP contribution in [0.15, 0.2) is 237 Å². The van der Waals surface area contributed by atoms with E-state index in [1.807, 2.05) is 11.3 Å². The SMILES string of the molecule is c1ccc(-c2ccc(-c3ccc(N(c4ccccc4-c4ccccc4-c4ccc5ccccc5c4)c4ccccc4-c4cccc5c4sc4ccccc45)cc3)cc2)cc1. The molecule has 11 aromatic rings. The molecule has 0 atom stereocenters. The van der Waals surface area contributed by atoms with Gasteiger partial charge < -0.3 is 4.90 Å². The first kappa shape index (κ1) is 35.6. The maximum absolute atomic E-state index is 2.47. The van der Waals surface area contributed by atoms with Crippen LogP contribution in [0.1, 0.15) is 0 Å². The Kier molecular flexibility index (Phi) is 9.11. The lowest BCUT2D eigenvalue weighted by Crippen LogP contribution is -2.12. The lowest BCUT2D eigenvalue weighted by Gasteiger charge is -2.30. The molecule has 0 amide bonds. The van der Waals surface area contributed by atoms with E-state index in [0.717, 1.165) is 22.6 Å². The van der Waals surface area contributed by atoms with Gasteiger partial charge in [-0.3, -0.25) is 0 Å². The molecular formula is C58H39NS. The van der Waals surface area contributed by atoms with Crippen LogP contribution in [0, 0.1) is 0 Å². The van der Waals surface area contributed by atoms with Crippen LogP contribution in [0.25, 0.3) is 86.6 Å². The highest BCUT2D eigenvalue weighted by atomic mass is 32.1. The summed E-state index contributed by atoms with van der Waals surface area (Å²) in [7, 11) is 0. The average molecular weight is 782 g/mol. The van der Waals surface area contributed by atoms with Gasteiger partial charge in [0.1, 0.15) is 0 Å². The van der Waals surface area contributed by atoms with Gasteiger partial charge in [0.15, 0.2) is 0 Å². The fourth-order valence-corrected chi connectivity index (χ4v) is 10.0. The zero-order chi connectivity index (χ0) is 39.8. The predicted octanol–water partition coefficient (Wildman–Crippen LogP) is 17.0. The summed E-state index contributed by atoms with van der Waals surface area (Å²) in [5.41, 5.74) is 15.3. The Morgan fingerprint density at radius 2 is 0.767 bits per heavy atom. The Labute approximate surface area is 354 Å². The molecule has 11 rings (SSSR count). The molecule has 0 N–H and O–H groups in total. The summed E-state index contributed by atoms with van der Waals surface area (Å²) in [6.07, 6.45) is 0. The zero-order valence-electron chi connectivity index (χ0n) is 32.9. The minimum absolute atomic E-state index is 1.09. The van der Waals surface area contributed by atoms with Gasteiger partial charge in [-0.2, -0.15) is 0 Å². The van der Waals surface area contributed by atoms with Crippen LogP contribution in [-0.2, 0) is 0 Å². The molecule has 0 unspecified atom stereocenters. The van der Waals surface area contributed by atoms with Crippen molar-refractivity contribution in [1.29, 1.82) is 0 Å². The van der Waals surface area contributed by atoms with Crippen molar-refractivity contribution < 1.29 is 0 Å². The largest absolute Gasteiger partial charge is 0.309 e. The van der Waals surface area contributed by atoms with Gasteiger partial charge in [-0.1, -0.05) is 200 Å². The molecule has 0 aliphatic rings. The Bertz CT molecular complexity index is 3310. The van der Waals surface area contributed by atoms with Crippen LogP contribution in [0.3, 0.4) is 0 Å². The van der Waals surface area contributed by atoms with Crippen molar-refractivity contribution in [2.75, 3.05) is 4.90 Å². The molecular weight excluding hydrogens is 743 g/mol. The van der Waals surface area contributed by atoms with Gasteiger partial charge >= 0.3 is 0 Å². The molecule has 0 spiro atoms. The van der Waals surface area contributed by atoms with Crippen LogP contribution in [0.4, 0.5) is 17.1 Å². The second kappa shape index (κ2) is 15.3. The van der Waals surface area contributed by atoms with Crippen LogP contribution in [-0.4, -0.2) is 0 Å². The number of rotatable bonds is 8. The van der Waals surface area contributed by atoms with Gasteiger partial charge in [0.25, 0.3) is 0 Å². The van der Waals surface area contributed by atoms with Gasteiger partial charge in [0.05, 0.1) is 11.4 Å². The Hall–Kier alpha value is -7.52. The van der Waals surface area contributed by atoms with Gasteiger partial charge in [0.2, 0.25) is 0 Å². The van der Waals surface area contributed by atoms with E-state index in [1.165, 1.54) is 81.0 Å². The average Bonchev–Trinajstić information content (AvgIpc) is 3.72. The molecule has 282 valence electrons. The quantitative estimate of drug-likeness (QED) is 0.148. The van der Waals surface area contributed by atoms with Gasteiger partial charge in [-0.15, -0.1) is 11.3 Å². The number of thiophene rings is 1. The fraction of sp³-hybridized carbons (Fsp3) is 0. The van der Waals surface area contributed by atoms with Crippen molar-refractivity contribution in [3.63, 3.8) is 0 Å². The normalized spacial score (nSPS) is 11.3. The van der Waals surface area contributed by atoms with E-state index in [0.29, 0.717) is 0 Å². The minimum Gasteiger partial charge on any atom is -0.309 e. The number of fused-ring (bicyclic) bond motifs is 4. The van der Waals surface area contributed by atoms with E-state index >= 15 is 0 Å². The van der Waals surface area contributed by atoms with Gasteiger partial charge in [-0.25, -0.2) is 0 Å². The van der Waals surface area contributed by atoms with Crippen molar-refractivity contribution in [3.05, 3.63) is 237 Å². The highest BCUT2D eigenvalue weighted by molar-refractivity contribution is 7.26. The Balaban J connectivity index is 1.09. The third kappa shape index (κ3) is 6.44. The maximum atomic E-state index is 2.47. The summed E-state index contributed by atoms with van der Waals surface area (Å²) in [6.45, 7) is 0. The van der Waals surface area contributed by atoms with Crippen LogP contribution in [0.5, 0.6) is 0 Å². The van der Waals surface area contributed by atoms with E-state index in [1.54, 1.807) is 0 Å². The minimum atomic E-state index is 1.09. The predicted molar refractivity (Wildman–Crippen MR) is 259 cm³/mol. The maximum Gasteiger partial charge on any atom is 0.0540 e. The molecule has 0 fully saturated rings. The van der Waals surface area contributed by atoms with E-state index in [4.69, 9.17) is 0 Å². The van der Waals surface area contributed by atoms with Crippen molar-refractivity contribution >= 4 is 59.3 Å². The number of hydrogen-bond donors (Lipinski definition) is 0. The smallest absolute Gasteiger partial charge is 0.0540 e. The third-order valence-corrected chi connectivity index (χ3v) is 12.9. The number of para-hydroxylation sites is 2. The molecule has 2 heteroatoms. The third-order valence-electron chi connectivity index (χ3n) is 11.7. The summed E-state index contributed by atoms with van der Waals surface area (Å²) >= 11 is 1.88. The van der Waals surface area contributed by atoms with Gasteiger partial charge in [0, 0.05) is 42.6 Å². The molecule has 0 saturated heterocycles. The van der Waals surface area contributed by atoms with Crippen molar-refractivity contribution in [2.24, 2.45) is 0 Å². The van der Waals surface area contributed by atoms with E-state index < -0.39 is 0 Å². The number of anilines is 3. The highest BCUT2D eigenvalue weighted by Gasteiger charge is 2.23. The van der Waals surface area contributed by atoms with Crippen molar-refractivity contribution in [2.45, 2.75) is 0 Å². The Morgan fingerprint density at radius 1 is 0.283 bits per heavy atom. The van der Waals surface area contributed by atoms with E-state index in [2.05, 4.69) is 241 Å². The van der Waals surface area contributed by atoms with Crippen molar-refractivity contribution in [3.8, 4) is 55.6 Å². The topological polar surface area (TPSA) is 3.24 Å². The van der Waals surface area contributed by atoms with E-state index in [9.17, 15) is 0 Å². The summed E-state index contributed by atoms with van der Waals surface area (Å²) < 4.78 is 2.60. The number of benzene rings is 10. The number of nitrogens with zero attached hydrogens (tertiary/aromatic N) is 1. The standard InChI is InChI=1S/C58H39NS/c1-2-15-40(16-3-1)42-29-31-43(32-30-42)44-35-37-47(38-36-44)59(56-27-12-9-22-51(56)53-24-14-25-54-52-23-10-13-28-57(52)60-58(53)54)55-26-11-8-21-50(55)49-20-7-6-19-48(49)46-34-33-41-17-4-5-18-45(41)39-46/h1-39H. The molecule has 1 aromatic heterocycles. The van der Waals surface area contributed by atoms with Crippen LogP contribution < -0.4 is 4.90 Å². The molecule has 0 radical (unpaired) electrons. The summed E-state index contributed by atoms with van der Waals surface area (Å²) in [4.78, 5) is 2.47. The second-order valence-electron chi connectivity index (χ2n) is 15.2. The molecule has 60 heavy (non-hydrogen) atoms. The molecule has 0 aliphatic carbocycles. The molecule has 0 saturated carbocycles. The van der Waals surface area contributed by atoms with Crippen LogP contribution in [0.2, 0.25) is 0 Å². The first-order valence-corrected chi connectivity index (χ1v) is 21.3. The molecule has 1 heterocycles. The second-order valence-corrected chi connectivity index (χ2v) is 16.3. The Morgan fingerprint density at radius 3 is 1.48 bits per heavy atom. The van der Waals surface area contributed by atoms with Crippen molar-refractivity contribution in [1.82, 2.24) is 0 Å². The molecule has 1 nitrogen and oxygen atoms in total. The number of hydrogen-bond acceptors (Lipinski definition) is 2. The summed E-state index contributed by atoms with van der Waals surface area (Å²) in [6, 6.07) is 86.2. The first-order chi connectivity index (χ1) is 29.8. The molecule has 0 bridgehead atoms. The lowest BCUT2D eigenvalue weighted by atomic mass is 9.91. The highest BCUT2D eigenvalue weighted by Crippen LogP contribution is 2.49. The molecule has 0 aliphatic heterocycles. The van der Waals surface area contributed by atoms with E-state index in [-0.39, 0.29) is 0 Å². The summed E-state index contributed by atoms with van der Waals surface area (Å²) in [5, 5.41) is 5.07. The summed E-state index contributed by atoms with van der Waals surface area (Å²) in [5.74, 6) is 0.